The Morgan fingerprint density at radius 3 is 1.48 bits per heavy atom. The van der Waals surface area contributed by atoms with Crippen LogP contribution in [0.5, 0.6) is 0 Å². The van der Waals surface area contributed by atoms with Crippen molar-refractivity contribution in [2.45, 2.75) is 123 Å². The Bertz CT molecular complexity index is 282. The van der Waals surface area contributed by atoms with Crippen molar-refractivity contribution in [3.8, 4) is 0 Å². The van der Waals surface area contributed by atoms with Crippen LogP contribution >= 0.6 is 0 Å². The van der Waals surface area contributed by atoms with Gasteiger partial charge in [-0.1, -0.05) is 76.9 Å². The van der Waals surface area contributed by atoms with Gasteiger partial charge in [-0.05, 0) is 46.0 Å². The van der Waals surface area contributed by atoms with E-state index in [9.17, 15) is 10.2 Å². The number of allylic oxidation sites excluding steroid dienone is 2. The molecule has 3 nitrogen and oxygen atoms in total. The predicted molar refractivity (Wildman–Crippen MR) is 110 cm³/mol. The van der Waals surface area contributed by atoms with Crippen molar-refractivity contribution in [1.29, 1.82) is 0 Å². The summed E-state index contributed by atoms with van der Waals surface area (Å²) in [6.45, 7) is 6.47. The second-order valence-corrected chi connectivity index (χ2v) is 7.44. The molecule has 0 saturated heterocycles. The van der Waals surface area contributed by atoms with Gasteiger partial charge in [0.15, 0.2) is 0 Å². The lowest BCUT2D eigenvalue weighted by Crippen LogP contribution is -2.40. The predicted octanol–water partition coefficient (Wildman–Crippen LogP) is 6.00. The number of hydrogen-bond donors (Lipinski definition) is 2. The molecule has 0 rings (SSSR count). The number of nitrogens with zero attached hydrogens (tertiary/aromatic N) is 1. The van der Waals surface area contributed by atoms with E-state index in [4.69, 9.17) is 0 Å². The minimum absolute atomic E-state index is 0.567. The van der Waals surface area contributed by atoms with Gasteiger partial charge in [0.1, 0.15) is 12.5 Å². The quantitative estimate of drug-likeness (QED) is 0.180. The van der Waals surface area contributed by atoms with Crippen LogP contribution < -0.4 is 0 Å². The number of aliphatic hydroxyl groups excluding tert-OH is 2. The Kier molecular flexibility index (Phi) is 18.1. The van der Waals surface area contributed by atoms with Crippen molar-refractivity contribution in [3.63, 3.8) is 0 Å². The van der Waals surface area contributed by atoms with Gasteiger partial charge in [-0.3, -0.25) is 4.90 Å². The van der Waals surface area contributed by atoms with Gasteiger partial charge >= 0.3 is 0 Å². The second-order valence-electron chi connectivity index (χ2n) is 7.44. The first-order chi connectivity index (χ1) is 12.1. The topological polar surface area (TPSA) is 43.7 Å². The van der Waals surface area contributed by atoms with Crippen LogP contribution in [0, 0.1) is 0 Å². The highest BCUT2D eigenvalue weighted by Crippen LogP contribution is 2.11. The molecule has 150 valence electrons. The number of hydrogen-bond acceptors (Lipinski definition) is 3. The largest absolute Gasteiger partial charge is 0.379 e. The summed E-state index contributed by atoms with van der Waals surface area (Å²) >= 11 is 0. The third kappa shape index (κ3) is 16.8. The highest BCUT2D eigenvalue weighted by Gasteiger charge is 2.14. The van der Waals surface area contributed by atoms with Crippen molar-refractivity contribution in [2.75, 3.05) is 6.54 Å². The molecule has 0 heterocycles. The molecule has 2 atom stereocenters. The monoisotopic (exact) mass is 355 g/mol. The summed E-state index contributed by atoms with van der Waals surface area (Å²) in [7, 11) is 0. The van der Waals surface area contributed by atoms with Gasteiger partial charge in [0.25, 0.3) is 0 Å². The van der Waals surface area contributed by atoms with Crippen LogP contribution in [0.4, 0.5) is 0 Å². The molecule has 0 amide bonds. The third-order valence-corrected chi connectivity index (χ3v) is 4.89. The average Bonchev–Trinajstić information content (AvgIpc) is 2.57. The third-order valence-electron chi connectivity index (χ3n) is 4.89. The first-order valence-electron chi connectivity index (χ1n) is 10.9. The van der Waals surface area contributed by atoms with Crippen molar-refractivity contribution in [2.24, 2.45) is 0 Å². The van der Waals surface area contributed by atoms with Gasteiger partial charge in [-0.25, -0.2) is 0 Å². The van der Waals surface area contributed by atoms with E-state index in [1.165, 1.54) is 83.5 Å². The summed E-state index contributed by atoms with van der Waals surface area (Å²) in [4.78, 5) is 1.73. The molecule has 0 bridgehead atoms. The Labute approximate surface area is 157 Å². The van der Waals surface area contributed by atoms with Crippen molar-refractivity contribution >= 4 is 0 Å². The van der Waals surface area contributed by atoms with Crippen molar-refractivity contribution in [1.82, 2.24) is 4.90 Å². The highest BCUT2D eigenvalue weighted by molar-refractivity contribution is 4.81. The zero-order valence-corrected chi connectivity index (χ0v) is 17.3. The van der Waals surface area contributed by atoms with E-state index in [0.29, 0.717) is 0 Å². The van der Waals surface area contributed by atoms with Crippen LogP contribution in [0.3, 0.4) is 0 Å². The lowest BCUT2D eigenvalue weighted by molar-refractivity contribution is -0.0844. The average molecular weight is 356 g/mol. The molecular weight excluding hydrogens is 310 g/mol. The number of unbranched alkanes of at least 4 members (excludes halogenated alkanes) is 12. The zero-order chi connectivity index (χ0) is 18.8. The number of rotatable bonds is 18. The van der Waals surface area contributed by atoms with E-state index >= 15 is 0 Å². The lowest BCUT2D eigenvalue weighted by atomic mass is 10.1. The Morgan fingerprint density at radius 2 is 1.04 bits per heavy atom. The van der Waals surface area contributed by atoms with Crippen molar-refractivity contribution in [3.05, 3.63) is 12.2 Å². The van der Waals surface area contributed by atoms with Gasteiger partial charge in [0.2, 0.25) is 0 Å². The van der Waals surface area contributed by atoms with Crippen LogP contribution in [-0.2, 0) is 0 Å². The Hall–Kier alpha value is -0.380. The van der Waals surface area contributed by atoms with Crippen LogP contribution in [-0.4, -0.2) is 34.1 Å². The van der Waals surface area contributed by atoms with Gasteiger partial charge < -0.3 is 10.2 Å². The lowest BCUT2D eigenvalue weighted by Gasteiger charge is -2.27. The summed E-state index contributed by atoms with van der Waals surface area (Å²) in [5, 5.41) is 19.1. The van der Waals surface area contributed by atoms with E-state index in [-0.39, 0.29) is 0 Å². The van der Waals surface area contributed by atoms with Gasteiger partial charge in [-0.15, -0.1) is 0 Å². The maximum atomic E-state index is 9.57. The van der Waals surface area contributed by atoms with Gasteiger partial charge in [0.05, 0.1) is 0 Å². The Balaban J connectivity index is 3.29. The van der Waals surface area contributed by atoms with E-state index in [2.05, 4.69) is 19.1 Å². The SMILES string of the molecule is CCCCCCCC/C=C\CCCCCCCCN(C(C)O)C(C)O. The molecular formula is C22H45NO2. The summed E-state index contributed by atoms with van der Waals surface area (Å²) in [6.07, 6.45) is 21.8. The summed E-state index contributed by atoms with van der Waals surface area (Å²) in [6, 6.07) is 0. The minimum atomic E-state index is -0.567. The molecule has 0 radical (unpaired) electrons. The van der Waals surface area contributed by atoms with Crippen LogP contribution in [0.25, 0.3) is 0 Å². The fraction of sp³-hybridized carbons (Fsp3) is 0.909. The fourth-order valence-corrected chi connectivity index (χ4v) is 3.23. The molecule has 0 aromatic heterocycles. The molecule has 0 fully saturated rings. The van der Waals surface area contributed by atoms with Crippen LogP contribution in [0.1, 0.15) is 111 Å². The molecule has 0 aliphatic rings. The molecule has 0 aromatic carbocycles. The van der Waals surface area contributed by atoms with Gasteiger partial charge in [0, 0.05) is 6.54 Å². The van der Waals surface area contributed by atoms with E-state index in [1.54, 1.807) is 18.7 Å². The molecule has 25 heavy (non-hydrogen) atoms. The van der Waals surface area contributed by atoms with E-state index in [0.717, 1.165) is 13.0 Å². The van der Waals surface area contributed by atoms with Crippen molar-refractivity contribution < 1.29 is 10.2 Å². The molecule has 0 aliphatic carbocycles. The Morgan fingerprint density at radius 1 is 0.640 bits per heavy atom. The summed E-state index contributed by atoms with van der Waals surface area (Å²) in [5.74, 6) is 0. The first kappa shape index (κ1) is 24.6. The normalized spacial score (nSPS) is 14.5. The molecule has 3 heteroatoms. The zero-order valence-electron chi connectivity index (χ0n) is 17.3. The summed E-state index contributed by atoms with van der Waals surface area (Å²) < 4.78 is 0. The van der Waals surface area contributed by atoms with E-state index < -0.39 is 12.5 Å². The second kappa shape index (κ2) is 18.4. The van der Waals surface area contributed by atoms with Gasteiger partial charge in [-0.2, -0.15) is 0 Å². The van der Waals surface area contributed by atoms with Crippen LogP contribution in [0.15, 0.2) is 12.2 Å². The smallest absolute Gasteiger partial charge is 0.106 e. The first-order valence-corrected chi connectivity index (χ1v) is 10.9. The molecule has 0 spiro atoms. The maximum Gasteiger partial charge on any atom is 0.106 e. The standard InChI is InChI=1S/C22H45NO2/c1-4-5-6-7-8-9-10-11-12-13-14-15-16-17-18-19-20-23(21(2)24)22(3)25/h11-12,21-22,24-25H,4-10,13-20H2,1-3H3/b12-11-. The maximum absolute atomic E-state index is 9.57. The molecule has 2 N–H and O–H groups in total. The summed E-state index contributed by atoms with van der Waals surface area (Å²) in [5.41, 5.74) is 0. The van der Waals surface area contributed by atoms with Crippen LogP contribution in [0.2, 0.25) is 0 Å². The number of aliphatic hydroxyl groups is 2. The molecule has 0 aromatic rings. The van der Waals surface area contributed by atoms with E-state index in [1.807, 2.05) is 0 Å². The minimum Gasteiger partial charge on any atom is -0.379 e. The molecule has 0 saturated carbocycles. The molecule has 0 aliphatic heterocycles. The fourth-order valence-electron chi connectivity index (χ4n) is 3.23. The highest BCUT2D eigenvalue weighted by atomic mass is 16.3. The molecule has 2 unspecified atom stereocenters.